The molecule has 1 heterocycles. The Balaban J connectivity index is 2.52. The molecule has 0 aromatic heterocycles. The molecule has 0 aromatic carbocycles. The molecule has 0 unspecified atom stereocenters. The number of nitrogens with zero attached hydrogens (tertiary/aromatic N) is 3. The fourth-order valence-electron chi connectivity index (χ4n) is 1.96. The average Bonchev–Trinajstić information content (AvgIpc) is 2.45. The van der Waals surface area contributed by atoms with Crippen molar-refractivity contribution in [3.05, 3.63) is 11.8 Å². The van der Waals surface area contributed by atoms with Crippen molar-refractivity contribution in [3.8, 4) is 6.07 Å². The second-order valence-corrected chi connectivity index (χ2v) is 4.81. The quantitative estimate of drug-likeness (QED) is 0.451. The number of rotatable bonds is 5. The maximum atomic E-state index is 11.8. The molecule has 1 N–H and O–H groups in total. The molecule has 0 aromatic rings. The first-order chi connectivity index (χ1) is 9.58. The molecule has 6 nitrogen and oxygen atoms in total. The molecule has 1 aliphatic rings. The van der Waals surface area contributed by atoms with E-state index in [1.165, 1.54) is 0 Å². The van der Waals surface area contributed by atoms with Gasteiger partial charge >= 0.3 is 0 Å². The molecule has 0 atom stereocenters. The molecule has 0 saturated carbocycles. The zero-order valence-electron chi connectivity index (χ0n) is 12.2. The first-order valence-electron chi connectivity index (χ1n) is 6.98. The molecular formula is C14H22N4O2. The molecule has 0 bridgehead atoms. The third-order valence-corrected chi connectivity index (χ3v) is 3.25. The number of carbonyl (C=O) groups excluding carboxylic acids is 2. The summed E-state index contributed by atoms with van der Waals surface area (Å²) in [5.74, 6) is -0.263. The number of amides is 2. The highest BCUT2D eigenvalue weighted by molar-refractivity contribution is 5.97. The number of hydrogen-bond acceptors (Lipinski definition) is 4. The second kappa shape index (κ2) is 8.20. The first kappa shape index (κ1) is 16.0. The summed E-state index contributed by atoms with van der Waals surface area (Å²) in [4.78, 5) is 26.7. The van der Waals surface area contributed by atoms with Crippen molar-refractivity contribution in [3.63, 3.8) is 0 Å². The zero-order chi connectivity index (χ0) is 15.0. The molecular weight excluding hydrogens is 256 g/mol. The van der Waals surface area contributed by atoms with E-state index in [4.69, 9.17) is 5.26 Å². The standard InChI is InChI=1S/C14H22N4O2/c1-3-4-5-16-14(20)13(10-15)11-17-6-8-18(9-7-17)12(2)19/h11H,3-9H2,1-2H3,(H,16,20)/b13-11-. The SMILES string of the molecule is CCCCNC(=O)/C(C#N)=C\N1CCN(C(C)=O)CC1. The minimum absolute atomic E-state index is 0.0615. The largest absolute Gasteiger partial charge is 0.373 e. The van der Waals surface area contributed by atoms with Gasteiger partial charge in [0.05, 0.1) is 0 Å². The normalized spacial score (nSPS) is 15.8. The fourth-order valence-corrected chi connectivity index (χ4v) is 1.96. The Kier molecular flexibility index (Phi) is 6.57. The topological polar surface area (TPSA) is 76.4 Å². The van der Waals surface area contributed by atoms with E-state index in [2.05, 4.69) is 5.32 Å². The second-order valence-electron chi connectivity index (χ2n) is 4.81. The van der Waals surface area contributed by atoms with Crippen LogP contribution in [0.4, 0.5) is 0 Å². The summed E-state index contributed by atoms with van der Waals surface area (Å²) in [5.41, 5.74) is 0.123. The van der Waals surface area contributed by atoms with Crippen molar-refractivity contribution in [1.29, 1.82) is 5.26 Å². The summed E-state index contributed by atoms with van der Waals surface area (Å²) >= 11 is 0. The minimum atomic E-state index is -0.324. The van der Waals surface area contributed by atoms with Gasteiger partial charge < -0.3 is 15.1 Å². The van der Waals surface area contributed by atoms with Gasteiger partial charge in [0, 0.05) is 45.8 Å². The Hall–Kier alpha value is -2.03. The molecule has 1 aliphatic heterocycles. The van der Waals surface area contributed by atoms with Crippen LogP contribution in [0.2, 0.25) is 0 Å². The van der Waals surface area contributed by atoms with E-state index in [0.717, 1.165) is 12.8 Å². The Morgan fingerprint density at radius 3 is 2.45 bits per heavy atom. The predicted molar refractivity (Wildman–Crippen MR) is 75.4 cm³/mol. The number of carbonyl (C=O) groups is 2. The van der Waals surface area contributed by atoms with Crippen molar-refractivity contribution >= 4 is 11.8 Å². The van der Waals surface area contributed by atoms with Crippen LogP contribution in [0.5, 0.6) is 0 Å². The summed E-state index contributed by atoms with van der Waals surface area (Å²) in [6.07, 6.45) is 3.50. The van der Waals surface area contributed by atoms with Gasteiger partial charge in [0.25, 0.3) is 5.91 Å². The van der Waals surface area contributed by atoms with E-state index < -0.39 is 0 Å². The van der Waals surface area contributed by atoms with Crippen LogP contribution < -0.4 is 5.32 Å². The van der Waals surface area contributed by atoms with E-state index in [-0.39, 0.29) is 17.4 Å². The summed E-state index contributed by atoms with van der Waals surface area (Å²) < 4.78 is 0. The van der Waals surface area contributed by atoms with Crippen molar-refractivity contribution < 1.29 is 9.59 Å². The highest BCUT2D eigenvalue weighted by Gasteiger charge is 2.18. The van der Waals surface area contributed by atoms with Crippen LogP contribution in [-0.4, -0.2) is 54.3 Å². The molecule has 6 heteroatoms. The van der Waals surface area contributed by atoms with Gasteiger partial charge in [-0.05, 0) is 6.42 Å². The van der Waals surface area contributed by atoms with Crippen LogP contribution in [0.3, 0.4) is 0 Å². The number of nitriles is 1. The zero-order valence-corrected chi connectivity index (χ0v) is 12.2. The highest BCUT2D eigenvalue weighted by Crippen LogP contribution is 2.05. The van der Waals surface area contributed by atoms with Gasteiger partial charge in [-0.1, -0.05) is 13.3 Å². The molecule has 20 heavy (non-hydrogen) atoms. The number of hydrogen-bond donors (Lipinski definition) is 1. The summed E-state index contributed by atoms with van der Waals surface area (Å²) in [6.45, 7) is 6.73. The third-order valence-electron chi connectivity index (χ3n) is 3.25. The van der Waals surface area contributed by atoms with Gasteiger partial charge in [-0.25, -0.2) is 0 Å². The predicted octanol–water partition coefficient (Wildman–Crippen LogP) is 0.474. The number of nitrogens with one attached hydrogen (secondary N) is 1. The molecule has 110 valence electrons. The van der Waals surface area contributed by atoms with Crippen molar-refractivity contribution in [2.75, 3.05) is 32.7 Å². The van der Waals surface area contributed by atoms with Gasteiger partial charge in [-0.3, -0.25) is 9.59 Å². The first-order valence-corrected chi connectivity index (χ1v) is 6.98. The van der Waals surface area contributed by atoms with Crippen molar-refractivity contribution in [2.24, 2.45) is 0 Å². The molecule has 1 fully saturated rings. The van der Waals surface area contributed by atoms with Gasteiger partial charge in [0.15, 0.2) is 0 Å². The average molecular weight is 278 g/mol. The fraction of sp³-hybridized carbons (Fsp3) is 0.643. The van der Waals surface area contributed by atoms with Crippen LogP contribution in [-0.2, 0) is 9.59 Å². The minimum Gasteiger partial charge on any atom is -0.373 e. The molecule has 2 amide bonds. The molecule has 1 saturated heterocycles. The van der Waals surface area contributed by atoms with Crippen LogP contribution >= 0.6 is 0 Å². The van der Waals surface area contributed by atoms with Gasteiger partial charge in [-0.2, -0.15) is 5.26 Å². The van der Waals surface area contributed by atoms with Gasteiger partial charge in [0.2, 0.25) is 5.91 Å². The van der Waals surface area contributed by atoms with Crippen LogP contribution in [0, 0.1) is 11.3 Å². The lowest BCUT2D eigenvalue weighted by Gasteiger charge is -2.33. The molecule has 1 rings (SSSR count). The highest BCUT2D eigenvalue weighted by atomic mass is 16.2. The van der Waals surface area contributed by atoms with Crippen LogP contribution in [0.25, 0.3) is 0 Å². The Morgan fingerprint density at radius 1 is 1.30 bits per heavy atom. The van der Waals surface area contributed by atoms with Crippen LogP contribution in [0.1, 0.15) is 26.7 Å². The van der Waals surface area contributed by atoms with Crippen molar-refractivity contribution in [1.82, 2.24) is 15.1 Å². The summed E-state index contributed by atoms with van der Waals surface area (Å²) in [7, 11) is 0. The molecule has 0 radical (unpaired) electrons. The summed E-state index contributed by atoms with van der Waals surface area (Å²) in [6, 6.07) is 1.94. The van der Waals surface area contributed by atoms with Gasteiger partial charge in [-0.15, -0.1) is 0 Å². The van der Waals surface area contributed by atoms with Crippen molar-refractivity contribution in [2.45, 2.75) is 26.7 Å². The molecule has 0 spiro atoms. The lowest BCUT2D eigenvalue weighted by atomic mass is 10.2. The Morgan fingerprint density at radius 2 is 1.95 bits per heavy atom. The maximum Gasteiger partial charge on any atom is 0.263 e. The Bertz CT molecular complexity index is 417. The van der Waals surface area contributed by atoms with E-state index >= 15 is 0 Å². The third kappa shape index (κ3) is 4.92. The monoisotopic (exact) mass is 278 g/mol. The number of piperazine rings is 1. The number of unbranched alkanes of at least 4 members (excludes halogenated alkanes) is 1. The van der Waals surface area contributed by atoms with E-state index in [0.29, 0.717) is 32.7 Å². The maximum absolute atomic E-state index is 11.8. The van der Waals surface area contributed by atoms with E-state index in [9.17, 15) is 9.59 Å². The van der Waals surface area contributed by atoms with Crippen LogP contribution in [0.15, 0.2) is 11.8 Å². The van der Waals surface area contributed by atoms with E-state index in [1.54, 1.807) is 18.0 Å². The lowest BCUT2D eigenvalue weighted by Crippen LogP contribution is -2.46. The molecule has 0 aliphatic carbocycles. The Labute approximate surface area is 120 Å². The smallest absolute Gasteiger partial charge is 0.263 e. The lowest BCUT2D eigenvalue weighted by molar-refractivity contribution is -0.130. The summed E-state index contributed by atoms with van der Waals surface area (Å²) in [5, 5.41) is 11.8. The van der Waals surface area contributed by atoms with E-state index in [1.807, 2.05) is 17.9 Å². The van der Waals surface area contributed by atoms with Gasteiger partial charge in [0.1, 0.15) is 11.6 Å².